The largest absolute Gasteiger partial charge is 0.459 e. The van der Waals surface area contributed by atoms with E-state index in [1.807, 2.05) is 4.90 Å². The van der Waals surface area contributed by atoms with E-state index in [4.69, 9.17) is 9.41 Å². The third-order valence-corrected chi connectivity index (χ3v) is 5.58. The topological polar surface area (TPSA) is 61.1 Å². The van der Waals surface area contributed by atoms with Crippen LogP contribution >= 0.6 is 35.3 Å². The van der Waals surface area contributed by atoms with Gasteiger partial charge in [-0.15, -0.1) is 35.3 Å². The lowest BCUT2D eigenvalue weighted by Gasteiger charge is -2.36. The van der Waals surface area contributed by atoms with E-state index in [0.29, 0.717) is 24.8 Å². The van der Waals surface area contributed by atoms with Crippen molar-refractivity contribution in [1.29, 1.82) is 0 Å². The van der Waals surface area contributed by atoms with Crippen LogP contribution in [0.4, 0.5) is 0 Å². The maximum atomic E-state index is 12.4. The Hall–Kier alpha value is -1.55. The molecule has 1 aliphatic heterocycles. The van der Waals surface area contributed by atoms with Crippen LogP contribution in [0, 0.1) is 0 Å². The van der Waals surface area contributed by atoms with Gasteiger partial charge in [0.25, 0.3) is 5.91 Å². The molecule has 1 fully saturated rings. The van der Waals surface area contributed by atoms with Crippen LogP contribution in [-0.4, -0.2) is 60.9 Å². The number of thiophene rings is 1. The Balaban J connectivity index is 0.00000261. The average Bonchev–Trinajstić information content (AvgIpc) is 3.38. The highest BCUT2D eigenvalue weighted by atomic mass is 127. The molecule has 148 valence electrons. The van der Waals surface area contributed by atoms with Crippen molar-refractivity contribution in [1.82, 2.24) is 15.1 Å². The molecule has 1 aliphatic rings. The molecule has 0 radical (unpaired) electrons. The Bertz CT molecular complexity index is 710. The number of halogens is 1. The summed E-state index contributed by atoms with van der Waals surface area (Å²) < 4.78 is 5.22. The number of furan rings is 1. The van der Waals surface area contributed by atoms with Crippen LogP contribution < -0.4 is 5.32 Å². The van der Waals surface area contributed by atoms with Gasteiger partial charge in [-0.2, -0.15) is 0 Å². The smallest absolute Gasteiger partial charge is 0.289 e. The Morgan fingerprint density at radius 2 is 2.00 bits per heavy atom. The zero-order valence-electron chi connectivity index (χ0n) is 15.8. The van der Waals surface area contributed by atoms with E-state index < -0.39 is 0 Å². The Morgan fingerprint density at radius 3 is 2.59 bits per heavy atom. The molecular formula is C19H27IN4O2S. The van der Waals surface area contributed by atoms with Crippen molar-refractivity contribution < 1.29 is 9.21 Å². The lowest BCUT2D eigenvalue weighted by molar-refractivity contribution is 0.0657. The maximum absolute atomic E-state index is 12.4. The van der Waals surface area contributed by atoms with Gasteiger partial charge < -0.3 is 19.5 Å². The van der Waals surface area contributed by atoms with Gasteiger partial charge in [-0.25, -0.2) is 0 Å². The van der Waals surface area contributed by atoms with E-state index in [0.717, 1.165) is 32.1 Å². The normalized spacial score (nSPS) is 16.0. The van der Waals surface area contributed by atoms with E-state index >= 15 is 0 Å². The molecule has 0 spiro atoms. The van der Waals surface area contributed by atoms with Crippen LogP contribution in [0.25, 0.3) is 0 Å². The molecule has 1 amide bonds. The van der Waals surface area contributed by atoms with Crippen molar-refractivity contribution in [2.75, 3.05) is 39.3 Å². The third kappa shape index (κ3) is 5.71. The van der Waals surface area contributed by atoms with E-state index in [1.165, 1.54) is 11.1 Å². The number of guanidine groups is 1. The number of carbonyl (C=O) groups excluding carboxylic acids is 1. The van der Waals surface area contributed by atoms with Crippen LogP contribution in [0.5, 0.6) is 0 Å². The molecule has 1 atom stereocenters. The zero-order chi connectivity index (χ0) is 18.4. The molecule has 0 aliphatic carbocycles. The summed E-state index contributed by atoms with van der Waals surface area (Å²) in [6.07, 6.45) is 1.54. The fraction of sp³-hybridized carbons (Fsp3) is 0.474. The molecule has 0 aromatic carbocycles. The van der Waals surface area contributed by atoms with E-state index in [2.05, 4.69) is 41.6 Å². The summed E-state index contributed by atoms with van der Waals surface area (Å²) in [5.74, 6) is 1.71. The third-order valence-electron chi connectivity index (χ3n) is 4.48. The molecule has 2 aromatic rings. The van der Waals surface area contributed by atoms with Crippen molar-refractivity contribution in [3.05, 3.63) is 46.5 Å². The molecule has 1 N–H and O–H groups in total. The van der Waals surface area contributed by atoms with Gasteiger partial charge in [0.15, 0.2) is 11.7 Å². The van der Waals surface area contributed by atoms with Crippen LogP contribution in [0.2, 0.25) is 0 Å². The van der Waals surface area contributed by atoms with Crippen molar-refractivity contribution in [3.8, 4) is 0 Å². The van der Waals surface area contributed by atoms with Gasteiger partial charge in [-0.05, 0) is 30.5 Å². The lowest BCUT2D eigenvalue weighted by atomic mass is 10.1. The first-order chi connectivity index (χ1) is 12.7. The summed E-state index contributed by atoms with van der Waals surface area (Å²) in [6, 6.07) is 7.71. The summed E-state index contributed by atoms with van der Waals surface area (Å²) >= 11 is 1.78. The monoisotopic (exact) mass is 502 g/mol. The number of piperazine rings is 1. The summed E-state index contributed by atoms with van der Waals surface area (Å²) in [6.45, 7) is 8.76. The standard InChI is InChI=1S/C19H26N4O2S.HI/c1-3-20-19(21-14-15(2)17-7-5-13-26-17)23-10-8-22(9-11-23)18(24)16-6-4-12-25-16;/h4-7,12-13,15H,3,8-11,14H2,1-2H3,(H,20,21);1H. The highest BCUT2D eigenvalue weighted by molar-refractivity contribution is 14.0. The Labute approximate surface area is 181 Å². The Morgan fingerprint density at radius 1 is 1.26 bits per heavy atom. The SMILES string of the molecule is CCNC(=NCC(C)c1cccs1)N1CCN(C(=O)c2ccco2)CC1.I. The highest BCUT2D eigenvalue weighted by Crippen LogP contribution is 2.21. The number of carbonyl (C=O) groups is 1. The summed E-state index contributed by atoms with van der Waals surface area (Å²) in [4.78, 5) is 22.6. The van der Waals surface area contributed by atoms with Gasteiger partial charge in [0, 0.05) is 43.5 Å². The summed E-state index contributed by atoms with van der Waals surface area (Å²) in [5.41, 5.74) is 0. The van der Waals surface area contributed by atoms with E-state index in [1.54, 1.807) is 23.5 Å². The highest BCUT2D eigenvalue weighted by Gasteiger charge is 2.25. The number of hydrogen-bond acceptors (Lipinski definition) is 4. The summed E-state index contributed by atoms with van der Waals surface area (Å²) in [7, 11) is 0. The van der Waals surface area contributed by atoms with Gasteiger partial charge in [0.2, 0.25) is 0 Å². The van der Waals surface area contributed by atoms with Crippen LogP contribution in [0.15, 0.2) is 45.3 Å². The van der Waals surface area contributed by atoms with Crippen molar-refractivity contribution in [3.63, 3.8) is 0 Å². The zero-order valence-corrected chi connectivity index (χ0v) is 18.9. The fourth-order valence-electron chi connectivity index (χ4n) is 2.99. The van der Waals surface area contributed by atoms with Gasteiger partial charge in [0.05, 0.1) is 12.8 Å². The van der Waals surface area contributed by atoms with Gasteiger partial charge in [-0.1, -0.05) is 13.0 Å². The van der Waals surface area contributed by atoms with E-state index in [9.17, 15) is 4.79 Å². The molecule has 1 unspecified atom stereocenters. The Kier molecular flexibility index (Phi) is 8.62. The van der Waals surface area contributed by atoms with Gasteiger partial charge in [-0.3, -0.25) is 9.79 Å². The first kappa shape index (κ1) is 21.7. The first-order valence-electron chi connectivity index (χ1n) is 9.08. The molecule has 1 saturated heterocycles. The number of nitrogens with one attached hydrogen (secondary N) is 1. The molecule has 0 bridgehead atoms. The van der Waals surface area contributed by atoms with Crippen LogP contribution in [0.1, 0.15) is 35.2 Å². The minimum atomic E-state index is -0.0390. The molecule has 3 rings (SSSR count). The minimum Gasteiger partial charge on any atom is -0.459 e. The molecule has 6 nitrogen and oxygen atoms in total. The van der Waals surface area contributed by atoms with Gasteiger partial charge >= 0.3 is 0 Å². The number of rotatable bonds is 5. The number of hydrogen-bond donors (Lipinski definition) is 1. The second kappa shape index (κ2) is 10.7. The fourth-order valence-corrected chi connectivity index (χ4v) is 3.77. The van der Waals surface area contributed by atoms with Crippen LogP contribution in [0.3, 0.4) is 0 Å². The predicted octanol–water partition coefficient (Wildman–Crippen LogP) is 3.49. The van der Waals surface area contributed by atoms with Crippen molar-refractivity contribution >= 4 is 47.2 Å². The minimum absolute atomic E-state index is 0. The molecule has 2 aromatic heterocycles. The van der Waals surface area contributed by atoms with Crippen LogP contribution in [-0.2, 0) is 0 Å². The molecule has 27 heavy (non-hydrogen) atoms. The number of nitrogens with zero attached hydrogens (tertiary/aromatic N) is 3. The summed E-state index contributed by atoms with van der Waals surface area (Å²) in [5, 5.41) is 5.49. The molecule has 8 heteroatoms. The predicted molar refractivity (Wildman–Crippen MR) is 120 cm³/mol. The van der Waals surface area contributed by atoms with Crippen molar-refractivity contribution in [2.45, 2.75) is 19.8 Å². The number of amides is 1. The molecule has 0 saturated carbocycles. The molecular weight excluding hydrogens is 475 g/mol. The lowest BCUT2D eigenvalue weighted by Crippen LogP contribution is -2.53. The quantitative estimate of drug-likeness (QED) is 0.387. The second-order valence-electron chi connectivity index (χ2n) is 6.37. The van der Waals surface area contributed by atoms with Gasteiger partial charge in [0.1, 0.15) is 0 Å². The average molecular weight is 502 g/mol. The van der Waals surface area contributed by atoms with Crippen molar-refractivity contribution in [2.24, 2.45) is 4.99 Å². The second-order valence-corrected chi connectivity index (χ2v) is 7.35. The first-order valence-corrected chi connectivity index (χ1v) is 9.96. The molecule has 3 heterocycles. The number of aliphatic imine (C=N–C) groups is 1. The maximum Gasteiger partial charge on any atom is 0.289 e. The van der Waals surface area contributed by atoms with E-state index in [-0.39, 0.29) is 29.9 Å².